The Morgan fingerprint density at radius 3 is 2.38 bits per heavy atom. The lowest BCUT2D eigenvalue weighted by Gasteiger charge is -2.56. The summed E-state index contributed by atoms with van der Waals surface area (Å²) in [5.74, 6) is 3.26. The van der Waals surface area contributed by atoms with Gasteiger partial charge in [-0.1, -0.05) is 0 Å². The van der Waals surface area contributed by atoms with Gasteiger partial charge < -0.3 is 14.8 Å². The van der Waals surface area contributed by atoms with Crippen molar-refractivity contribution >= 4 is 22.8 Å². The fourth-order valence-electron chi connectivity index (χ4n) is 8.88. The summed E-state index contributed by atoms with van der Waals surface area (Å²) in [5, 5.41) is 1.20. The number of piperidine rings is 1. The maximum atomic E-state index is 14.0. The first-order chi connectivity index (χ1) is 16.6. The predicted molar refractivity (Wildman–Crippen MR) is 130 cm³/mol. The van der Waals surface area contributed by atoms with Crippen LogP contribution in [-0.2, 0) is 9.59 Å². The van der Waals surface area contributed by atoms with Crippen LogP contribution in [0.15, 0.2) is 24.5 Å². The van der Waals surface area contributed by atoms with E-state index in [1.807, 2.05) is 17.2 Å². The van der Waals surface area contributed by atoms with Crippen molar-refractivity contribution in [2.24, 2.45) is 23.2 Å². The third kappa shape index (κ3) is 3.24. The van der Waals surface area contributed by atoms with E-state index in [-0.39, 0.29) is 17.4 Å². The van der Waals surface area contributed by atoms with Gasteiger partial charge in [-0.2, -0.15) is 0 Å². The number of fused-ring (bicyclic) bond motifs is 1. The summed E-state index contributed by atoms with van der Waals surface area (Å²) in [4.78, 5) is 39.5. The molecule has 4 bridgehead atoms. The molecule has 6 nitrogen and oxygen atoms in total. The number of likely N-dealkylation sites (tertiary alicyclic amines) is 2. The Morgan fingerprint density at radius 2 is 1.68 bits per heavy atom. The molecule has 1 atom stereocenters. The molecule has 2 aromatic rings. The number of hydrogen-bond acceptors (Lipinski definition) is 3. The van der Waals surface area contributed by atoms with Crippen LogP contribution in [0.3, 0.4) is 0 Å². The van der Waals surface area contributed by atoms with Gasteiger partial charge in [-0.25, -0.2) is 4.98 Å². The second kappa shape index (κ2) is 7.82. The van der Waals surface area contributed by atoms with E-state index in [1.165, 1.54) is 30.2 Å². The van der Waals surface area contributed by atoms with Gasteiger partial charge in [0.05, 0.1) is 5.41 Å². The Balaban J connectivity index is 1.04. The SMILES string of the molecule is O=C(C1CCCN1C(=O)C12CC3CC(CC(C3)C1)C2)N1CCC(c2c[nH]c3ncccc23)CC1. The molecule has 4 heterocycles. The minimum absolute atomic E-state index is 0.145. The third-order valence-corrected chi connectivity index (χ3v) is 10.0. The monoisotopic (exact) mass is 460 g/mol. The van der Waals surface area contributed by atoms with Crippen LogP contribution in [0.5, 0.6) is 0 Å². The number of aromatic amines is 1. The lowest BCUT2D eigenvalue weighted by atomic mass is 9.49. The number of carbonyl (C=O) groups excluding carboxylic acids is 2. The highest BCUT2D eigenvalue weighted by molar-refractivity contribution is 5.91. The van der Waals surface area contributed by atoms with Crippen molar-refractivity contribution < 1.29 is 9.59 Å². The van der Waals surface area contributed by atoms with Crippen LogP contribution < -0.4 is 0 Å². The Bertz CT molecular complexity index is 1080. The van der Waals surface area contributed by atoms with E-state index in [0.29, 0.717) is 11.8 Å². The van der Waals surface area contributed by atoms with E-state index in [2.05, 4.69) is 27.1 Å². The maximum absolute atomic E-state index is 14.0. The van der Waals surface area contributed by atoms with Crippen molar-refractivity contribution in [3.8, 4) is 0 Å². The van der Waals surface area contributed by atoms with Crippen LogP contribution >= 0.6 is 0 Å². The highest BCUT2D eigenvalue weighted by atomic mass is 16.2. The average Bonchev–Trinajstić information content (AvgIpc) is 3.50. The topological polar surface area (TPSA) is 69.3 Å². The quantitative estimate of drug-likeness (QED) is 0.734. The largest absolute Gasteiger partial charge is 0.346 e. The van der Waals surface area contributed by atoms with Gasteiger partial charge in [0, 0.05) is 37.4 Å². The molecule has 2 aromatic heterocycles. The molecular formula is C28H36N4O2. The van der Waals surface area contributed by atoms with Crippen LogP contribution in [0, 0.1) is 23.2 Å². The van der Waals surface area contributed by atoms with Crippen molar-refractivity contribution in [3.63, 3.8) is 0 Å². The third-order valence-electron chi connectivity index (χ3n) is 10.0. The number of nitrogens with zero attached hydrogens (tertiary/aromatic N) is 3. The van der Waals surface area contributed by atoms with Gasteiger partial charge in [-0.05, 0) is 106 Å². The molecule has 2 saturated heterocycles. The summed E-state index contributed by atoms with van der Waals surface area (Å²) < 4.78 is 0. The molecule has 0 spiro atoms. The van der Waals surface area contributed by atoms with Crippen molar-refractivity contribution in [1.29, 1.82) is 0 Å². The Hall–Kier alpha value is -2.37. The number of aromatic nitrogens is 2. The number of pyridine rings is 1. The second-order valence-electron chi connectivity index (χ2n) is 12.1. The summed E-state index contributed by atoms with van der Waals surface area (Å²) in [6.07, 6.45) is 15.0. The minimum atomic E-state index is -0.227. The number of carbonyl (C=O) groups is 2. The van der Waals surface area contributed by atoms with Gasteiger partial charge in [0.25, 0.3) is 0 Å². The Kier molecular flexibility index (Phi) is 4.82. The molecule has 2 amide bonds. The van der Waals surface area contributed by atoms with Crippen molar-refractivity contribution in [2.75, 3.05) is 19.6 Å². The molecule has 8 rings (SSSR count). The minimum Gasteiger partial charge on any atom is -0.346 e. The first-order valence-electron chi connectivity index (χ1n) is 13.6. The highest BCUT2D eigenvalue weighted by Crippen LogP contribution is 2.60. The number of hydrogen-bond donors (Lipinski definition) is 1. The van der Waals surface area contributed by atoms with Gasteiger partial charge in [-0.15, -0.1) is 0 Å². The molecule has 1 N–H and O–H groups in total. The van der Waals surface area contributed by atoms with Crippen molar-refractivity contribution in [1.82, 2.24) is 19.8 Å². The molecule has 0 radical (unpaired) electrons. The first kappa shape index (κ1) is 21.0. The number of nitrogens with one attached hydrogen (secondary N) is 1. The average molecular weight is 461 g/mol. The molecule has 6 heteroatoms. The van der Waals surface area contributed by atoms with E-state index >= 15 is 0 Å². The molecule has 6 aliphatic rings. The summed E-state index contributed by atoms with van der Waals surface area (Å²) in [6, 6.07) is 3.90. The Morgan fingerprint density at radius 1 is 0.971 bits per heavy atom. The lowest BCUT2D eigenvalue weighted by Crippen LogP contribution is -2.57. The molecule has 0 aromatic carbocycles. The van der Waals surface area contributed by atoms with E-state index in [1.54, 1.807) is 0 Å². The molecular weight excluding hydrogens is 424 g/mol. The smallest absolute Gasteiger partial charge is 0.245 e. The fourth-order valence-corrected chi connectivity index (χ4v) is 8.88. The molecule has 4 aliphatic carbocycles. The van der Waals surface area contributed by atoms with E-state index < -0.39 is 0 Å². The van der Waals surface area contributed by atoms with E-state index in [4.69, 9.17) is 0 Å². The van der Waals surface area contributed by atoms with Gasteiger partial charge in [-0.3, -0.25) is 9.59 Å². The zero-order valence-electron chi connectivity index (χ0n) is 20.0. The zero-order valence-corrected chi connectivity index (χ0v) is 20.0. The molecule has 6 fully saturated rings. The summed E-state index contributed by atoms with van der Waals surface area (Å²) in [6.45, 7) is 2.34. The predicted octanol–water partition coefficient (Wildman–Crippen LogP) is 4.48. The summed E-state index contributed by atoms with van der Waals surface area (Å²) >= 11 is 0. The maximum Gasteiger partial charge on any atom is 0.245 e. The van der Waals surface area contributed by atoms with Gasteiger partial charge in [0.15, 0.2) is 0 Å². The molecule has 34 heavy (non-hydrogen) atoms. The van der Waals surface area contributed by atoms with Gasteiger partial charge in [0.2, 0.25) is 11.8 Å². The van der Waals surface area contributed by atoms with E-state index in [0.717, 1.165) is 88.0 Å². The summed E-state index contributed by atoms with van der Waals surface area (Å²) in [5.41, 5.74) is 2.13. The summed E-state index contributed by atoms with van der Waals surface area (Å²) in [7, 11) is 0. The molecule has 1 unspecified atom stereocenters. The van der Waals surface area contributed by atoms with Crippen LogP contribution in [-0.4, -0.2) is 57.3 Å². The lowest BCUT2D eigenvalue weighted by molar-refractivity contribution is -0.162. The second-order valence-corrected chi connectivity index (χ2v) is 12.1. The van der Waals surface area contributed by atoms with Crippen molar-refractivity contribution in [2.45, 2.75) is 76.2 Å². The van der Waals surface area contributed by atoms with E-state index in [9.17, 15) is 9.59 Å². The normalized spacial score (nSPS) is 35.4. The van der Waals surface area contributed by atoms with Gasteiger partial charge >= 0.3 is 0 Å². The first-order valence-corrected chi connectivity index (χ1v) is 13.6. The van der Waals surface area contributed by atoms with Gasteiger partial charge in [0.1, 0.15) is 11.7 Å². The van der Waals surface area contributed by atoms with Crippen molar-refractivity contribution in [3.05, 3.63) is 30.1 Å². The highest BCUT2D eigenvalue weighted by Gasteiger charge is 2.57. The fraction of sp³-hybridized carbons (Fsp3) is 0.679. The molecule has 180 valence electrons. The van der Waals surface area contributed by atoms with Crippen LogP contribution in [0.25, 0.3) is 11.0 Å². The number of rotatable bonds is 3. The van der Waals surface area contributed by atoms with Crippen LogP contribution in [0.4, 0.5) is 0 Å². The van der Waals surface area contributed by atoms with Crippen LogP contribution in [0.1, 0.15) is 75.7 Å². The zero-order chi connectivity index (χ0) is 22.9. The van der Waals surface area contributed by atoms with Crippen LogP contribution in [0.2, 0.25) is 0 Å². The molecule has 2 aliphatic heterocycles. The molecule has 4 saturated carbocycles. The Labute approximate surface area is 201 Å². The number of H-pyrrole nitrogens is 1. The standard InChI is InChI=1S/C28H36N4O2/c33-26(31-9-5-21(6-10-31)23-17-30-25-22(23)3-1-7-29-25)24-4-2-8-32(24)27(34)28-14-18-11-19(15-28)13-20(12-18)16-28/h1,3,7,17-21,24H,2,4-6,8-16H2,(H,29,30). The number of amides is 2.